The lowest BCUT2D eigenvalue weighted by Crippen LogP contribution is -2.29. The van der Waals surface area contributed by atoms with Gasteiger partial charge >= 0.3 is 5.97 Å². The zero-order chi connectivity index (χ0) is 14.1. The van der Waals surface area contributed by atoms with E-state index in [4.69, 9.17) is 5.11 Å². The highest BCUT2D eigenvalue weighted by Crippen LogP contribution is 2.18. The molecule has 0 heterocycles. The summed E-state index contributed by atoms with van der Waals surface area (Å²) in [5.41, 5.74) is 0.946. The molecule has 1 amide bonds. The summed E-state index contributed by atoms with van der Waals surface area (Å²) < 4.78 is 0. The first kappa shape index (κ1) is 15.6. The second kappa shape index (κ2) is 8.58. The highest BCUT2D eigenvalue weighted by molar-refractivity contribution is 7.98. The third kappa shape index (κ3) is 6.29. The van der Waals surface area contributed by atoms with Crippen LogP contribution in [0.3, 0.4) is 0 Å². The van der Waals surface area contributed by atoms with Gasteiger partial charge in [-0.15, -0.1) is 0 Å². The SMILES string of the molecule is CSCCC(=O)NC(CCC(=O)O)c1ccccc1. The number of rotatable bonds is 8. The predicted octanol–water partition coefficient (Wildman–Crippen LogP) is 2.46. The topological polar surface area (TPSA) is 66.4 Å². The Morgan fingerprint density at radius 1 is 1.26 bits per heavy atom. The molecule has 0 bridgehead atoms. The van der Waals surface area contributed by atoms with Gasteiger partial charge in [0.2, 0.25) is 5.91 Å². The van der Waals surface area contributed by atoms with Crippen LogP contribution in [-0.2, 0) is 9.59 Å². The fourth-order valence-corrected chi connectivity index (χ4v) is 2.13. The van der Waals surface area contributed by atoms with Gasteiger partial charge in [-0.2, -0.15) is 11.8 Å². The van der Waals surface area contributed by atoms with Gasteiger partial charge in [0.05, 0.1) is 6.04 Å². The maximum absolute atomic E-state index is 11.8. The van der Waals surface area contributed by atoms with Crippen LogP contribution in [0.2, 0.25) is 0 Å². The van der Waals surface area contributed by atoms with Crippen LogP contribution in [0.25, 0.3) is 0 Å². The molecule has 1 aromatic carbocycles. The lowest BCUT2D eigenvalue weighted by atomic mass is 10.0. The van der Waals surface area contributed by atoms with Crippen LogP contribution < -0.4 is 5.32 Å². The lowest BCUT2D eigenvalue weighted by Gasteiger charge is -2.18. The Kier molecular flexibility index (Phi) is 7.03. The molecule has 1 rings (SSSR count). The molecule has 0 saturated carbocycles. The average molecular weight is 281 g/mol. The highest BCUT2D eigenvalue weighted by Gasteiger charge is 2.15. The Labute approximate surface area is 117 Å². The summed E-state index contributed by atoms with van der Waals surface area (Å²) in [6, 6.07) is 9.25. The fourth-order valence-electron chi connectivity index (χ4n) is 1.74. The van der Waals surface area contributed by atoms with E-state index < -0.39 is 5.97 Å². The van der Waals surface area contributed by atoms with Gasteiger partial charge in [0.25, 0.3) is 0 Å². The van der Waals surface area contributed by atoms with Crippen molar-refractivity contribution in [2.45, 2.75) is 25.3 Å². The van der Waals surface area contributed by atoms with Gasteiger partial charge in [0, 0.05) is 18.6 Å². The standard InChI is InChI=1S/C14H19NO3S/c1-19-10-9-13(16)15-12(7-8-14(17)18)11-5-3-2-4-6-11/h2-6,12H,7-10H2,1H3,(H,15,16)(H,17,18). The molecular formula is C14H19NO3S. The van der Waals surface area contributed by atoms with Crippen LogP contribution in [0.15, 0.2) is 30.3 Å². The van der Waals surface area contributed by atoms with Crippen molar-refractivity contribution in [3.05, 3.63) is 35.9 Å². The summed E-state index contributed by atoms with van der Waals surface area (Å²) in [4.78, 5) is 22.4. The Balaban J connectivity index is 2.64. The fraction of sp³-hybridized carbons (Fsp3) is 0.429. The second-order valence-electron chi connectivity index (χ2n) is 4.21. The predicted molar refractivity (Wildman–Crippen MR) is 77.2 cm³/mol. The first-order valence-electron chi connectivity index (χ1n) is 6.18. The second-order valence-corrected chi connectivity index (χ2v) is 5.19. The molecule has 0 radical (unpaired) electrons. The largest absolute Gasteiger partial charge is 0.481 e. The maximum atomic E-state index is 11.8. The van der Waals surface area contributed by atoms with Gasteiger partial charge in [0.15, 0.2) is 0 Å². The summed E-state index contributed by atoms with van der Waals surface area (Å²) >= 11 is 1.62. The number of hydrogen-bond donors (Lipinski definition) is 2. The summed E-state index contributed by atoms with van der Waals surface area (Å²) in [7, 11) is 0. The molecule has 0 fully saturated rings. The summed E-state index contributed by atoms with van der Waals surface area (Å²) in [5.74, 6) is -0.111. The maximum Gasteiger partial charge on any atom is 0.303 e. The summed E-state index contributed by atoms with van der Waals surface area (Å²) in [6.07, 6.45) is 2.86. The van der Waals surface area contributed by atoms with E-state index in [1.165, 1.54) is 0 Å². The smallest absolute Gasteiger partial charge is 0.303 e. The number of carboxylic acids is 1. The van der Waals surface area contributed by atoms with Crippen molar-refractivity contribution in [1.82, 2.24) is 5.32 Å². The molecule has 2 N–H and O–H groups in total. The number of nitrogens with one attached hydrogen (secondary N) is 1. The van der Waals surface area contributed by atoms with Crippen LogP contribution in [0.4, 0.5) is 0 Å². The van der Waals surface area contributed by atoms with Crippen LogP contribution in [0.1, 0.15) is 30.9 Å². The Morgan fingerprint density at radius 2 is 1.95 bits per heavy atom. The first-order chi connectivity index (χ1) is 9.13. The summed E-state index contributed by atoms with van der Waals surface area (Å²) in [5, 5.41) is 11.7. The minimum atomic E-state index is -0.848. The molecule has 0 saturated heterocycles. The lowest BCUT2D eigenvalue weighted by molar-refractivity contribution is -0.137. The molecule has 4 nitrogen and oxygen atoms in total. The molecule has 1 atom stereocenters. The van der Waals surface area contributed by atoms with Crippen LogP contribution in [0.5, 0.6) is 0 Å². The van der Waals surface area contributed by atoms with E-state index in [1.807, 2.05) is 36.6 Å². The monoisotopic (exact) mass is 281 g/mol. The molecule has 0 aromatic heterocycles. The molecule has 5 heteroatoms. The quantitative estimate of drug-likeness (QED) is 0.768. The van der Waals surface area contributed by atoms with Gasteiger partial charge in [-0.05, 0) is 18.2 Å². The van der Waals surface area contributed by atoms with E-state index in [1.54, 1.807) is 11.8 Å². The van der Waals surface area contributed by atoms with E-state index in [2.05, 4.69) is 5.32 Å². The van der Waals surface area contributed by atoms with E-state index in [0.717, 1.165) is 11.3 Å². The van der Waals surface area contributed by atoms with E-state index in [9.17, 15) is 9.59 Å². The molecule has 0 aliphatic carbocycles. The van der Waals surface area contributed by atoms with Crippen molar-refractivity contribution < 1.29 is 14.7 Å². The zero-order valence-corrected chi connectivity index (χ0v) is 11.8. The highest BCUT2D eigenvalue weighted by atomic mass is 32.2. The van der Waals surface area contributed by atoms with Crippen molar-refractivity contribution in [2.75, 3.05) is 12.0 Å². The van der Waals surface area contributed by atoms with Gasteiger partial charge < -0.3 is 10.4 Å². The number of benzene rings is 1. The first-order valence-corrected chi connectivity index (χ1v) is 7.58. The molecule has 0 aliphatic rings. The Morgan fingerprint density at radius 3 is 2.53 bits per heavy atom. The van der Waals surface area contributed by atoms with Crippen molar-refractivity contribution in [1.29, 1.82) is 0 Å². The number of amides is 1. The van der Waals surface area contributed by atoms with Crippen molar-refractivity contribution >= 4 is 23.6 Å². The third-order valence-electron chi connectivity index (χ3n) is 2.72. The van der Waals surface area contributed by atoms with Crippen molar-refractivity contribution in [3.63, 3.8) is 0 Å². The van der Waals surface area contributed by atoms with Crippen molar-refractivity contribution in [2.24, 2.45) is 0 Å². The molecular weight excluding hydrogens is 262 g/mol. The molecule has 1 unspecified atom stereocenters. The minimum absolute atomic E-state index is 0.0337. The number of carbonyl (C=O) groups is 2. The molecule has 0 spiro atoms. The number of aliphatic carboxylic acids is 1. The van der Waals surface area contributed by atoms with E-state index in [-0.39, 0.29) is 18.4 Å². The normalized spacial score (nSPS) is 11.8. The number of hydrogen-bond acceptors (Lipinski definition) is 3. The van der Waals surface area contributed by atoms with Gasteiger partial charge in [0.1, 0.15) is 0 Å². The average Bonchev–Trinajstić information content (AvgIpc) is 2.42. The van der Waals surface area contributed by atoms with E-state index in [0.29, 0.717) is 12.8 Å². The van der Waals surface area contributed by atoms with Gasteiger partial charge in [-0.25, -0.2) is 0 Å². The molecule has 0 aliphatic heterocycles. The van der Waals surface area contributed by atoms with Crippen LogP contribution in [-0.4, -0.2) is 29.0 Å². The summed E-state index contributed by atoms with van der Waals surface area (Å²) in [6.45, 7) is 0. The molecule has 1 aromatic rings. The Hall–Kier alpha value is -1.49. The minimum Gasteiger partial charge on any atom is -0.481 e. The van der Waals surface area contributed by atoms with E-state index >= 15 is 0 Å². The number of carbonyl (C=O) groups excluding carboxylic acids is 1. The third-order valence-corrected chi connectivity index (χ3v) is 3.33. The number of carboxylic acid groups (broad SMARTS) is 1. The van der Waals surface area contributed by atoms with Crippen molar-refractivity contribution in [3.8, 4) is 0 Å². The Bertz CT molecular complexity index is 408. The molecule has 19 heavy (non-hydrogen) atoms. The number of thioether (sulfide) groups is 1. The zero-order valence-electron chi connectivity index (χ0n) is 11.0. The van der Waals surface area contributed by atoms with Crippen LogP contribution >= 0.6 is 11.8 Å². The van der Waals surface area contributed by atoms with Gasteiger partial charge in [-0.1, -0.05) is 30.3 Å². The van der Waals surface area contributed by atoms with Crippen LogP contribution in [0, 0.1) is 0 Å². The molecule has 104 valence electrons. The van der Waals surface area contributed by atoms with Gasteiger partial charge in [-0.3, -0.25) is 9.59 Å².